The third-order valence-electron chi connectivity index (χ3n) is 4.31. The van der Waals surface area contributed by atoms with Crippen molar-refractivity contribution in [3.05, 3.63) is 23.3 Å². The van der Waals surface area contributed by atoms with Crippen LogP contribution in [0.15, 0.2) is 23.3 Å². The van der Waals surface area contributed by atoms with E-state index in [1.807, 2.05) is 0 Å². The van der Waals surface area contributed by atoms with Gasteiger partial charge in [-0.2, -0.15) is 0 Å². The average molecular weight is 363 g/mol. The lowest BCUT2D eigenvalue weighted by atomic mass is 9.72. The van der Waals surface area contributed by atoms with E-state index in [-0.39, 0.29) is 24.0 Å². The van der Waals surface area contributed by atoms with E-state index in [2.05, 4.69) is 61.0 Å². The molecule has 1 aliphatic rings. The number of allylic oxidation sites excluding steroid dienone is 3. The lowest BCUT2D eigenvalue weighted by Gasteiger charge is -2.34. The third-order valence-corrected chi connectivity index (χ3v) is 4.31. The first-order valence-corrected chi connectivity index (χ1v) is 6.84. The fourth-order valence-electron chi connectivity index (χ4n) is 2.50. The lowest BCUT2D eigenvalue weighted by molar-refractivity contribution is -0.887. The van der Waals surface area contributed by atoms with Gasteiger partial charge in [0.2, 0.25) is 0 Å². The fourth-order valence-corrected chi connectivity index (χ4v) is 2.50. The van der Waals surface area contributed by atoms with Crippen LogP contribution in [-0.2, 0) is 0 Å². The van der Waals surface area contributed by atoms with Gasteiger partial charge in [-0.15, -0.1) is 0 Å². The Kier molecular flexibility index (Phi) is 6.62. The normalized spacial score (nSPS) is 21.9. The lowest BCUT2D eigenvalue weighted by Crippen LogP contribution is -3.00. The molecule has 0 radical (unpaired) electrons. The van der Waals surface area contributed by atoms with Crippen molar-refractivity contribution in [3.63, 3.8) is 0 Å². The summed E-state index contributed by atoms with van der Waals surface area (Å²) in [4.78, 5) is 0. The van der Waals surface area contributed by atoms with E-state index >= 15 is 0 Å². The topological polar surface area (TPSA) is 0 Å². The maximum absolute atomic E-state index is 2.39. The summed E-state index contributed by atoms with van der Waals surface area (Å²) >= 11 is 0. The molecule has 1 rings (SSSR count). The molecular formula is C16H30IN. The zero-order chi connectivity index (χ0) is 13.3. The van der Waals surface area contributed by atoms with E-state index in [9.17, 15) is 0 Å². The van der Waals surface area contributed by atoms with Crippen LogP contribution < -0.4 is 24.0 Å². The molecule has 0 saturated carbocycles. The summed E-state index contributed by atoms with van der Waals surface area (Å²) in [6.45, 7) is 9.36. The quantitative estimate of drug-likeness (QED) is 0.522. The second-order valence-corrected chi connectivity index (χ2v) is 7.15. The third kappa shape index (κ3) is 4.69. The van der Waals surface area contributed by atoms with Gasteiger partial charge in [-0.25, -0.2) is 0 Å². The summed E-state index contributed by atoms with van der Waals surface area (Å²) in [6.07, 6.45) is 8.72. The molecule has 0 aliphatic heterocycles. The van der Waals surface area contributed by atoms with Crippen LogP contribution in [0.5, 0.6) is 0 Å². The van der Waals surface area contributed by atoms with Crippen LogP contribution in [0.3, 0.4) is 0 Å². The maximum Gasteiger partial charge on any atom is 0.104 e. The molecule has 0 fully saturated rings. The number of nitrogens with zero attached hydrogens (tertiary/aromatic N) is 1. The van der Waals surface area contributed by atoms with Crippen molar-refractivity contribution >= 4 is 0 Å². The first kappa shape index (κ1) is 18.2. The standard InChI is InChI=1S/C16H30N.HI/c1-13-9-8-12-16(3,4)15(13)11-10-14(2)17(5,6)7;/h10-11,14H,8-9,12H2,1-7H3;1H/q+1;/p-1. The van der Waals surface area contributed by atoms with E-state index in [4.69, 9.17) is 0 Å². The Bertz CT molecular complexity index is 331. The molecule has 2 heteroatoms. The largest absolute Gasteiger partial charge is 1.00 e. The number of quaternary nitrogens is 1. The number of likely N-dealkylation sites (N-methyl/N-ethyl adjacent to an activating group) is 1. The number of halogens is 1. The smallest absolute Gasteiger partial charge is 0.104 e. The van der Waals surface area contributed by atoms with Gasteiger partial charge in [-0.1, -0.05) is 25.5 Å². The molecule has 18 heavy (non-hydrogen) atoms. The zero-order valence-electron chi connectivity index (χ0n) is 13.2. The molecule has 0 bridgehead atoms. The minimum absolute atomic E-state index is 0. The Balaban J connectivity index is 0.00000289. The molecule has 1 unspecified atom stereocenters. The number of hydrogen-bond donors (Lipinski definition) is 0. The predicted octanol–water partition coefficient (Wildman–Crippen LogP) is 1.17. The van der Waals surface area contributed by atoms with Gasteiger partial charge in [0, 0.05) is 0 Å². The molecular weight excluding hydrogens is 333 g/mol. The van der Waals surface area contributed by atoms with E-state index in [0.29, 0.717) is 11.5 Å². The SMILES string of the molecule is CC1=C(C=CC(C)[N+](C)(C)C)C(C)(C)CCC1.[I-]. The second kappa shape index (κ2) is 6.56. The summed E-state index contributed by atoms with van der Waals surface area (Å²) in [5.74, 6) is 0. The van der Waals surface area contributed by atoms with Crippen LogP contribution >= 0.6 is 0 Å². The predicted molar refractivity (Wildman–Crippen MR) is 77.0 cm³/mol. The van der Waals surface area contributed by atoms with Gasteiger partial charge in [0.05, 0.1) is 21.1 Å². The van der Waals surface area contributed by atoms with Crippen molar-refractivity contribution in [2.45, 2.75) is 53.0 Å². The van der Waals surface area contributed by atoms with Gasteiger partial charge in [-0.05, 0) is 50.2 Å². The van der Waals surface area contributed by atoms with Gasteiger partial charge in [0.15, 0.2) is 0 Å². The van der Waals surface area contributed by atoms with Gasteiger partial charge in [0.1, 0.15) is 6.04 Å². The van der Waals surface area contributed by atoms with Gasteiger partial charge in [0.25, 0.3) is 0 Å². The molecule has 1 nitrogen and oxygen atoms in total. The molecule has 0 spiro atoms. The summed E-state index contributed by atoms with van der Waals surface area (Å²) < 4.78 is 0.989. The first-order chi connectivity index (χ1) is 7.64. The highest BCUT2D eigenvalue weighted by Gasteiger charge is 2.27. The van der Waals surface area contributed by atoms with Crippen molar-refractivity contribution in [1.29, 1.82) is 0 Å². The first-order valence-electron chi connectivity index (χ1n) is 6.84. The molecule has 0 aromatic rings. The van der Waals surface area contributed by atoms with Crippen LogP contribution in [0.1, 0.15) is 47.0 Å². The van der Waals surface area contributed by atoms with Gasteiger partial charge < -0.3 is 28.5 Å². The molecule has 0 saturated heterocycles. The highest BCUT2D eigenvalue weighted by atomic mass is 127. The Morgan fingerprint density at radius 3 is 2.22 bits per heavy atom. The molecule has 0 aromatic heterocycles. The second-order valence-electron chi connectivity index (χ2n) is 7.15. The van der Waals surface area contributed by atoms with Crippen LogP contribution in [0.2, 0.25) is 0 Å². The Hall–Kier alpha value is 0.170. The van der Waals surface area contributed by atoms with Crippen molar-refractivity contribution < 1.29 is 28.5 Å². The highest BCUT2D eigenvalue weighted by molar-refractivity contribution is 5.32. The monoisotopic (exact) mass is 363 g/mol. The molecule has 1 aliphatic carbocycles. The minimum atomic E-state index is 0. The van der Waals surface area contributed by atoms with E-state index in [1.165, 1.54) is 19.3 Å². The van der Waals surface area contributed by atoms with Crippen LogP contribution in [0, 0.1) is 5.41 Å². The molecule has 1 atom stereocenters. The van der Waals surface area contributed by atoms with Gasteiger partial charge >= 0.3 is 0 Å². The maximum atomic E-state index is 2.39. The summed E-state index contributed by atoms with van der Waals surface area (Å²) in [5.41, 5.74) is 3.53. The highest BCUT2D eigenvalue weighted by Crippen LogP contribution is 2.40. The van der Waals surface area contributed by atoms with Crippen LogP contribution in [0.4, 0.5) is 0 Å². The Labute approximate surface area is 131 Å². The van der Waals surface area contributed by atoms with Crippen molar-refractivity contribution in [3.8, 4) is 0 Å². The van der Waals surface area contributed by atoms with E-state index in [1.54, 1.807) is 11.1 Å². The fraction of sp³-hybridized carbons (Fsp3) is 0.750. The van der Waals surface area contributed by atoms with Crippen LogP contribution in [-0.4, -0.2) is 31.7 Å². The zero-order valence-corrected chi connectivity index (χ0v) is 15.3. The Morgan fingerprint density at radius 1 is 1.22 bits per heavy atom. The summed E-state index contributed by atoms with van der Waals surface area (Å²) in [7, 11) is 6.76. The van der Waals surface area contributed by atoms with Crippen molar-refractivity contribution in [2.75, 3.05) is 21.1 Å². The summed E-state index contributed by atoms with van der Waals surface area (Å²) in [5, 5.41) is 0. The van der Waals surface area contributed by atoms with E-state index < -0.39 is 0 Å². The number of hydrogen-bond acceptors (Lipinski definition) is 0. The number of rotatable bonds is 3. The van der Waals surface area contributed by atoms with Crippen molar-refractivity contribution in [2.24, 2.45) is 5.41 Å². The van der Waals surface area contributed by atoms with Gasteiger partial charge in [-0.3, -0.25) is 0 Å². The minimum Gasteiger partial charge on any atom is -1.00 e. The molecule has 0 N–H and O–H groups in total. The molecule has 0 aromatic carbocycles. The molecule has 0 heterocycles. The summed E-state index contributed by atoms with van der Waals surface area (Å²) in [6, 6.07) is 0.563. The van der Waals surface area contributed by atoms with Crippen molar-refractivity contribution in [1.82, 2.24) is 0 Å². The Morgan fingerprint density at radius 2 is 1.78 bits per heavy atom. The van der Waals surface area contributed by atoms with E-state index in [0.717, 1.165) is 4.48 Å². The molecule has 106 valence electrons. The average Bonchev–Trinajstić information content (AvgIpc) is 2.14. The molecule has 0 amide bonds. The van der Waals surface area contributed by atoms with Crippen LogP contribution in [0.25, 0.3) is 0 Å².